The van der Waals surface area contributed by atoms with Crippen molar-refractivity contribution >= 4 is 17.5 Å². The van der Waals surface area contributed by atoms with E-state index in [4.69, 9.17) is 9.47 Å². The summed E-state index contributed by atoms with van der Waals surface area (Å²) in [5.74, 6) is 0.586. The van der Waals surface area contributed by atoms with E-state index in [2.05, 4.69) is 10.2 Å². The highest BCUT2D eigenvalue weighted by Crippen LogP contribution is 2.16. The average Bonchev–Trinajstić information content (AvgIpc) is 2.96. The summed E-state index contributed by atoms with van der Waals surface area (Å²) in [7, 11) is 0. The molecular weight excluding hydrogens is 346 g/mol. The monoisotopic (exact) mass is 375 g/mol. The standard InChI is InChI=1S/C20H29N3O4/c24-19(15-22-9-3-1-2-4-10-22)21-17-5-7-18(8-6-17)27-16-20(25)23-11-13-26-14-12-23/h5-8H,1-4,9-16H2,(H,21,24). The minimum atomic E-state index is -0.0341. The van der Waals surface area contributed by atoms with Gasteiger partial charge in [-0.1, -0.05) is 12.8 Å². The van der Waals surface area contributed by atoms with E-state index in [1.54, 1.807) is 29.2 Å². The first kappa shape index (κ1) is 19.6. The summed E-state index contributed by atoms with van der Waals surface area (Å²) < 4.78 is 10.8. The van der Waals surface area contributed by atoms with Crippen molar-refractivity contribution < 1.29 is 19.1 Å². The molecule has 7 heteroatoms. The van der Waals surface area contributed by atoms with Gasteiger partial charge < -0.3 is 19.7 Å². The van der Waals surface area contributed by atoms with Gasteiger partial charge in [-0.05, 0) is 50.2 Å². The maximum atomic E-state index is 12.2. The van der Waals surface area contributed by atoms with E-state index in [0.717, 1.165) is 18.8 Å². The lowest BCUT2D eigenvalue weighted by Crippen LogP contribution is -2.42. The summed E-state index contributed by atoms with van der Waals surface area (Å²) in [6.45, 7) is 4.84. The quantitative estimate of drug-likeness (QED) is 0.820. The molecule has 0 aromatic heterocycles. The van der Waals surface area contributed by atoms with Crippen LogP contribution in [0.3, 0.4) is 0 Å². The van der Waals surface area contributed by atoms with E-state index in [-0.39, 0.29) is 18.4 Å². The van der Waals surface area contributed by atoms with Gasteiger partial charge in [0.15, 0.2) is 6.61 Å². The molecule has 0 atom stereocenters. The van der Waals surface area contributed by atoms with Crippen molar-refractivity contribution in [1.29, 1.82) is 0 Å². The number of rotatable bonds is 6. The van der Waals surface area contributed by atoms with Crippen LogP contribution in [0.1, 0.15) is 25.7 Å². The molecule has 2 aliphatic rings. The molecule has 2 saturated heterocycles. The highest BCUT2D eigenvalue weighted by atomic mass is 16.5. The van der Waals surface area contributed by atoms with E-state index < -0.39 is 0 Å². The van der Waals surface area contributed by atoms with Crippen LogP contribution in [0.2, 0.25) is 0 Å². The van der Waals surface area contributed by atoms with Crippen molar-refractivity contribution in [1.82, 2.24) is 9.80 Å². The normalized spacial score (nSPS) is 18.6. The zero-order chi connectivity index (χ0) is 18.9. The largest absolute Gasteiger partial charge is 0.484 e. The smallest absolute Gasteiger partial charge is 0.260 e. The highest BCUT2D eigenvalue weighted by Gasteiger charge is 2.17. The van der Waals surface area contributed by atoms with Gasteiger partial charge >= 0.3 is 0 Å². The number of benzene rings is 1. The maximum absolute atomic E-state index is 12.2. The minimum Gasteiger partial charge on any atom is -0.484 e. The molecule has 1 N–H and O–H groups in total. The number of carbonyl (C=O) groups is 2. The zero-order valence-electron chi connectivity index (χ0n) is 15.8. The Morgan fingerprint density at radius 1 is 0.963 bits per heavy atom. The van der Waals surface area contributed by atoms with Gasteiger partial charge in [-0.3, -0.25) is 14.5 Å². The molecule has 148 valence electrons. The molecule has 0 saturated carbocycles. The molecule has 1 aromatic carbocycles. The molecule has 0 spiro atoms. The van der Waals surface area contributed by atoms with Crippen molar-refractivity contribution in [2.24, 2.45) is 0 Å². The second-order valence-corrected chi connectivity index (χ2v) is 7.04. The summed E-state index contributed by atoms with van der Waals surface area (Å²) >= 11 is 0. The molecule has 3 rings (SSSR count). The van der Waals surface area contributed by atoms with Gasteiger partial charge in [0.2, 0.25) is 5.91 Å². The first-order chi connectivity index (χ1) is 13.2. The number of likely N-dealkylation sites (tertiary alicyclic amines) is 1. The first-order valence-electron chi connectivity index (χ1n) is 9.81. The SMILES string of the molecule is O=C(CN1CCCCCC1)Nc1ccc(OCC(=O)N2CCOCC2)cc1. The van der Waals surface area contributed by atoms with Crippen LogP contribution in [-0.2, 0) is 14.3 Å². The number of amides is 2. The first-order valence-corrected chi connectivity index (χ1v) is 9.81. The number of carbonyl (C=O) groups excluding carboxylic acids is 2. The van der Waals surface area contributed by atoms with Crippen LogP contribution in [0.4, 0.5) is 5.69 Å². The highest BCUT2D eigenvalue weighted by molar-refractivity contribution is 5.92. The van der Waals surface area contributed by atoms with Crippen LogP contribution in [0.5, 0.6) is 5.75 Å². The van der Waals surface area contributed by atoms with Crippen molar-refractivity contribution in [3.05, 3.63) is 24.3 Å². The lowest BCUT2D eigenvalue weighted by Gasteiger charge is -2.26. The number of nitrogens with one attached hydrogen (secondary N) is 1. The molecule has 2 aliphatic heterocycles. The number of hydrogen-bond donors (Lipinski definition) is 1. The summed E-state index contributed by atoms with van der Waals surface area (Å²) in [5, 5.41) is 2.93. The number of anilines is 1. The Morgan fingerprint density at radius 3 is 2.30 bits per heavy atom. The van der Waals surface area contributed by atoms with Crippen molar-refractivity contribution in [3.8, 4) is 5.75 Å². The predicted octanol–water partition coefficient (Wildman–Crippen LogP) is 1.74. The Balaban J connectivity index is 1.41. The van der Waals surface area contributed by atoms with Gasteiger partial charge in [0.05, 0.1) is 19.8 Å². The Labute approximate surface area is 160 Å². The molecule has 2 fully saturated rings. The van der Waals surface area contributed by atoms with Gasteiger partial charge in [0.1, 0.15) is 5.75 Å². The van der Waals surface area contributed by atoms with E-state index in [0.29, 0.717) is 38.6 Å². The van der Waals surface area contributed by atoms with E-state index in [1.165, 1.54) is 25.7 Å². The molecule has 1 aromatic rings. The van der Waals surface area contributed by atoms with Gasteiger partial charge in [-0.25, -0.2) is 0 Å². The molecular formula is C20H29N3O4. The molecule has 27 heavy (non-hydrogen) atoms. The van der Waals surface area contributed by atoms with Crippen LogP contribution in [-0.4, -0.2) is 74.2 Å². The zero-order valence-corrected chi connectivity index (χ0v) is 15.8. The molecule has 0 bridgehead atoms. The summed E-state index contributed by atoms with van der Waals surface area (Å²) in [6, 6.07) is 7.14. The summed E-state index contributed by atoms with van der Waals surface area (Å²) in [4.78, 5) is 28.3. The van der Waals surface area contributed by atoms with Crippen LogP contribution in [0.25, 0.3) is 0 Å². The second-order valence-electron chi connectivity index (χ2n) is 7.04. The third-order valence-electron chi connectivity index (χ3n) is 4.93. The van der Waals surface area contributed by atoms with Gasteiger partial charge in [0, 0.05) is 18.8 Å². The van der Waals surface area contributed by atoms with Crippen LogP contribution in [0.15, 0.2) is 24.3 Å². The molecule has 7 nitrogen and oxygen atoms in total. The van der Waals surface area contributed by atoms with Crippen LogP contribution in [0, 0.1) is 0 Å². The van der Waals surface area contributed by atoms with E-state index in [9.17, 15) is 9.59 Å². The Morgan fingerprint density at radius 2 is 1.63 bits per heavy atom. The van der Waals surface area contributed by atoms with Gasteiger partial charge in [0.25, 0.3) is 5.91 Å². The van der Waals surface area contributed by atoms with E-state index >= 15 is 0 Å². The number of morpholine rings is 1. The number of nitrogens with zero attached hydrogens (tertiary/aromatic N) is 2. The molecule has 2 amide bonds. The minimum absolute atomic E-state index is 0.00747. The number of hydrogen-bond acceptors (Lipinski definition) is 5. The molecule has 0 aliphatic carbocycles. The Kier molecular flexibility index (Phi) is 7.47. The molecule has 2 heterocycles. The third kappa shape index (κ3) is 6.52. The Bertz CT molecular complexity index is 606. The number of ether oxygens (including phenoxy) is 2. The maximum Gasteiger partial charge on any atom is 0.260 e. The van der Waals surface area contributed by atoms with Crippen molar-refractivity contribution in [3.63, 3.8) is 0 Å². The average molecular weight is 375 g/mol. The fourth-order valence-electron chi connectivity index (χ4n) is 3.38. The fourth-order valence-corrected chi connectivity index (χ4v) is 3.38. The predicted molar refractivity (Wildman–Crippen MR) is 103 cm³/mol. The van der Waals surface area contributed by atoms with Crippen LogP contribution < -0.4 is 10.1 Å². The van der Waals surface area contributed by atoms with Crippen LogP contribution >= 0.6 is 0 Å². The van der Waals surface area contributed by atoms with E-state index in [1.807, 2.05) is 0 Å². The third-order valence-corrected chi connectivity index (χ3v) is 4.93. The van der Waals surface area contributed by atoms with Gasteiger partial charge in [-0.2, -0.15) is 0 Å². The van der Waals surface area contributed by atoms with Gasteiger partial charge in [-0.15, -0.1) is 0 Å². The molecule has 0 unspecified atom stereocenters. The fraction of sp³-hybridized carbons (Fsp3) is 0.600. The summed E-state index contributed by atoms with van der Waals surface area (Å²) in [5.41, 5.74) is 0.738. The second kappa shape index (κ2) is 10.3. The Hall–Kier alpha value is -2.12. The topological polar surface area (TPSA) is 71.1 Å². The summed E-state index contributed by atoms with van der Waals surface area (Å²) in [6.07, 6.45) is 4.85. The molecule has 0 radical (unpaired) electrons. The van der Waals surface area contributed by atoms with Crippen molar-refractivity contribution in [2.45, 2.75) is 25.7 Å². The lowest BCUT2D eigenvalue weighted by molar-refractivity contribution is -0.137. The van der Waals surface area contributed by atoms with Crippen molar-refractivity contribution in [2.75, 3.05) is 57.9 Å². The lowest BCUT2D eigenvalue weighted by atomic mass is 10.2.